The molecule has 1 aliphatic rings. The van der Waals surface area contributed by atoms with Crippen LogP contribution >= 0.6 is 33.9 Å². The van der Waals surface area contributed by atoms with E-state index in [9.17, 15) is 4.79 Å². The van der Waals surface area contributed by atoms with Crippen molar-refractivity contribution >= 4 is 45.5 Å². The van der Waals surface area contributed by atoms with Gasteiger partial charge in [-0.15, -0.1) is 11.3 Å². The van der Waals surface area contributed by atoms with Crippen molar-refractivity contribution in [2.75, 3.05) is 31.1 Å². The number of benzene rings is 1. The number of carbonyl (C=O) groups is 1. The highest BCUT2D eigenvalue weighted by atomic mass is 127. The highest BCUT2D eigenvalue weighted by molar-refractivity contribution is 14.1. The molecule has 0 radical (unpaired) electrons. The van der Waals surface area contributed by atoms with E-state index >= 15 is 0 Å². The van der Waals surface area contributed by atoms with Crippen LogP contribution in [0, 0.1) is 2.88 Å². The van der Waals surface area contributed by atoms with Gasteiger partial charge >= 0.3 is 0 Å². The number of para-hydroxylation sites is 1. The second-order valence-corrected chi connectivity index (χ2v) is 7.56. The largest absolute Gasteiger partial charge is 0.368 e. The van der Waals surface area contributed by atoms with E-state index < -0.39 is 0 Å². The molecule has 20 heavy (non-hydrogen) atoms. The summed E-state index contributed by atoms with van der Waals surface area (Å²) in [6.45, 7) is 3.38. The van der Waals surface area contributed by atoms with Crippen molar-refractivity contribution in [3.05, 3.63) is 50.2 Å². The van der Waals surface area contributed by atoms with Gasteiger partial charge in [0.1, 0.15) is 0 Å². The molecule has 0 N–H and O–H groups in total. The van der Waals surface area contributed by atoms with Crippen molar-refractivity contribution < 1.29 is 4.79 Å². The lowest BCUT2D eigenvalue weighted by atomic mass is 10.2. The number of anilines is 1. The molecule has 1 aromatic heterocycles. The zero-order valence-corrected chi connectivity index (χ0v) is 13.9. The topological polar surface area (TPSA) is 23.6 Å². The monoisotopic (exact) mass is 398 g/mol. The molecule has 5 heteroatoms. The Labute approximate surface area is 136 Å². The molecule has 0 unspecified atom stereocenters. The first-order valence-electron chi connectivity index (χ1n) is 6.57. The third-order valence-corrected chi connectivity index (χ3v) is 5.29. The van der Waals surface area contributed by atoms with Gasteiger partial charge in [0, 0.05) is 37.2 Å². The summed E-state index contributed by atoms with van der Waals surface area (Å²) in [5, 5.41) is 1.95. The Kier molecular flexibility index (Phi) is 4.26. The number of carbonyl (C=O) groups excluding carboxylic acids is 1. The number of amides is 1. The molecule has 0 atom stereocenters. The van der Waals surface area contributed by atoms with E-state index in [1.54, 1.807) is 11.3 Å². The highest BCUT2D eigenvalue weighted by Crippen LogP contribution is 2.20. The average molecular weight is 398 g/mol. The van der Waals surface area contributed by atoms with Gasteiger partial charge in [0.25, 0.3) is 5.91 Å². The van der Waals surface area contributed by atoms with E-state index in [2.05, 4.69) is 51.8 Å². The number of halogens is 1. The minimum absolute atomic E-state index is 0.164. The lowest BCUT2D eigenvalue weighted by Gasteiger charge is -2.36. The Morgan fingerprint density at radius 3 is 2.40 bits per heavy atom. The van der Waals surface area contributed by atoms with Gasteiger partial charge in [-0.2, -0.15) is 0 Å². The molecule has 1 saturated heterocycles. The molecule has 104 valence electrons. The molecule has 1 aliphatic heterocycles. The minimum Gasteiger partial charge on any atom is -0.368 e. The number of hydrogen-bond donors (Lipinski definition) is 0. The van der Waals surface area contributed by atoms with Crippen molar-refractivity contribution in [2.24, 2.45) is 0 Å². The van der Waals surface area contributed by atoms with Crippen molar-refractivity contribution in [3.63, 3.8) is 0 Å². The zero-order chi connectivity index (χ0) is 13.9. The van der Waals surface area contributed by atoms with E-state index in [0.29, 0.717) is 0 Å². The summed E-state index contributed by atoms with van der Waals surface area (Å²) in [6, 6.07) is 12.4. The van der Waals surface area contributed by atoms with Crippen LogP contribution in [0.25, 0.3) is 0 Å². The van der Waals surface area contributed by atoms with Crippen molar-refractivity contribution in [1.29, 1.82) is 0 Å². The second-order valence-electron chi connectivity index (χ2n) is 4.75. The molecule has 1 aromatic carbocycles. The Morgan fingerprint density at radius 2 is 1.80 bits per heavy atom. The van der Waals surface area contributed by atoms with E-state index in [-0.39, 0.29) is 5.91 Å². The van der Waals surface area contributed by atoms with Crippen LogP contribution in [0.4, 0.5) is 5.69 Å². The predicted octanol–water partition coefficient (Wildman–Crippen LogP) is 3.32. The first-order chi connectivity index (χ1) is 9.74. The fraction of sp³-hybridized carbons (Fsp3) is 0.267. The quantitative estimate of drug-likeness (QED) is 0.725. The lowest BCUT2D eigenvalue weighted by molar-refractivity contribution is 0.0747. The number of rotatable bonds is 2. The van der Waals surface area contributed by atoms with Crippen molar-refractivity contribution in [3.8, 4) is 0 Å². The number of thiophene rings is 1. The average Bonchev–Trinajstić information content (AvgIpc) is 2.94. The molecule has 2 heterocycles. The van der Waals surface area contributed by atoms with Crippen LogP contribution in [-0.4, -0.2) is 37.0 Å². The van der Waals surface area contributed by atoms with E-state index in [1.165, 1.54) is 5.69 Å². The molecule has 3 nitrogen and oxygen atoms in total. The Hall–Kier alpha value is -1.08. The van der Waals surface area contributed by atoms with Gasteiger partial charge in [-0.05, 0) is 40.8 Å². The summed E-state index contributed by atoms with van der Waals surface area (Å²) in [5.41, 5.74) is 2.07. The molecule has 0 aliphatic carbocycles. The van der Waals surface area contributed by atoms with Gasteiger partial charge in [0.2, 0.25) is 0 Å². The van der Waals surface area contributed by atoms with E-state index in [4.69, 9.17) is 0 Å². The first kappa shape index (κ1) is 13.9. The molecular weight excluding hydrogens is 383 g/mol. The zero-order valence-electron chi connectivity index (χ0n) is 11.0. The summed E-state index contributed by atoms with van der Waals surface area (Å²) in [7, 11) is 0. The maximum atomic E-state index is 12.4. The summed E-state index contributed by atoms with van der Waals surface area (Å²) in [6.07, 6.45) is 0. The van der Waals surface area contributed by atoms with Crippen LogP contribution in [0.1, 0.15) is 10.4 Å². The van der Waals surface area contributed by atoms with Gasteiger partial charge in [-0.3, -0.25) is 4.79 Å². The molecule has 0 spiro atoms. The number of hydrogen-bond acceptors (Lipinski definition) is 3. The number of nitrogens with zero attached hydrogens (tertiary/aromatic N) is 2. The van der Waals surface area contributed by atoms with Gasteiger partial charge in [0.05, 0.1) is 8.45 Å². The summed E-state index contributed by atoms with van der Waals surface area (Å²) in [5.74, 6) is 0.164. The van der Waals surface area contributed by atoms with Crippen LogP contribution in [0.2, 0.25) is 0 Å². The third-order valence-electron chi connectivity index (χ3n) is 3.50. The van der Waals surface area contributed by atoms with Crippen LogP contribution < -0.4 is 4.90 Å². The van der Waals surface area contributed by atoms with Crippen molar-refractivity contribution in [2.45, 2.75) is 0 Å². The maximum absolute atomic E-state index is 12.4. The van der Waals surface area contributed by atoms with Crippen LogP contribution in [0.3, 0.4) is 0 Å². The standard InChI is InChI=1S/C15H15IN2OS/c16-14-10-12(11-20-14)15(19)18-8-6-17(7-9-18)13-4-2-1-3-5-13/h1-5,10-11H,6-9H2. The smallest absolute Gasteiger partial charge is 0.254 e. The number of piperazine rings is 1. The predicted molar refractivity (Wildman–Crippen MR) is 91.6 cm³/mol. The third kappa shape index (κ3) is 2.98. The van der Waals surface area contributed by atoms with E-state index in [0.717, 1.165) is 34.6 Å². The highest BCUT2D eigenvalue weighted by Gasteiger charge is 2.22. The van der Waals surface area contributed by atoms with Crippen molar-refractivity contribution in [1.82, 2.24) is 4.90 Å². The van der Waals surface area contributed by atoms with Crippen LogP contribution in [-0.2, 0) is 0 Å². The molecule has 0 saturated carbocycles. The van der Waals surface area contributed by atoms with Gasteiger partial charge < -0.3 is 9.80 Å². The van der Waals surface area contributed by atoms with Gasteiger partial charge in [-0.1, -0.05) is 18.2 Å². The summed E-state index contributed by atoms with van der Waals surface area (Å²) < 4.78 is 1.16. The molecule has 2 aromatic rings. The molecule has 0 bridgehead atoms. The van der Waals surface area contributed by atoms with E-state index in [1.807, 2.05) is 22.4 Å². The van der Waals surface area contributed by atoms with Gasteiger partial charge in [-0.25, -0.2) is 0 Å². The Bertz CT molecular complexity index is 591. The molecule has 1 fully saturated rings. The minimum atomic E-state index is 0.164. The lowest BCUT2D eigenvalue weighted by Crippen LogP contribution is -2.48. The fourth-order valence-electron chi connectivity index (χ4n) is 2.41. The molecular formula is C15H15IN2OS. The van der Waals surface area contributed by atoms with Crippen LogP contribution in [0.5, 0.6) is 0 Å². The second kappa shape index (κ2) is 6.13. The SMILES string of the molecule is O=C(c1csc(I)c1)N1CCN(c2ccccc2)CC1. The molecule has 3 rings (SSSR count). The Balaban J connectivity index is 1.63. The Morgan fingerprint density at radius 1 is 1.10 bits per heavy atom. The first-order valence-corrected chi connectivity index (χ1v) is 8.53. The van der Waals surface area contributed by atoms with Crippen LogP contribution in [0.15, 0.2) is 41.8 Å². The molecule has 1 amide bonds. The summed E-state index contributed by atoms with van der Waals surface area (Å²) in [4.78, 5) is 16.7. The fourth-order valence-corrected chi connectivity index (χ4v) is 3.73. The maximum Gasteiger partial charge on any atom is 0.254 e. The normalized spacial score (nSPS) is 15.4. The van der Waals surface area contributed by atoms with Gasteiger partial charge in [0.15, 0.2) is 0 Å². The summed E-state index contributed by atoms with van der Waals surface area (Å²) >= 11 is 3.88.